The largest absolute Gasteiger partial charge is 0.493 e. The summed E-state index contributed by atoms with van der Waals surface area (Å²) in [7, 11) is 1.54. The second-order valence-corrected chi connectivity index (χ2v) is 9.56. The van der Waals surface area contributed by atoms with Crippen molar-refractivity contribution in [2.45, 2.75) is 26.8 Å². The number of ether oxygens (including phenoxy) is 3. The van der Waals surface area contributed by atoms with E-state index in [-0.39, 0.29) is 18.4 Å². The number of benzene rings is 2. The highest BCUT2D eigenvalue weighted by atomic mass is 16.5. The van der Waals surface area contributed by atoms with Crippen LogP contribution >= 0.6 is 0 Å². The van der Waals surface area contributed by atoms with Crippen LogP contribution in [0.2, 0.25) is 0 Å². The third-order valence-corrected chi connectivity index (χ3v) is 6.89. The average molecular weight is 533 g/mol. The van der Waals surface area contributed by atoms with Gasteiger partial charge in [-0.05, 0) is 50.1 Å². The van der Waals surface area contributed by atoms with Gasteiger partial charge in [0.25, 0.3) is 11.8 Å². The first-order valence-corrected chi connectivity index (χ1v) is 12.8. The number of morpholine rings is 1. The molecule has 2 N–H and O–H groups in total. The van der Waals surface area contributed by atoms with Gasteiger partial charge in [-0.3, -0.25) is 9.59 Å². The van der Waals surface area contributed by atoms with Gasteiger partial charge in [-0.15, -0.1) is 0 Å². The number of hydrogen-bond donors (Lipinski definition) is 2. The fraction of sp³-hybridized carbons (Fsp3) is 0.357. The van der Waals surface area contributed by atoms with E-state index in [9.17, 15) is 9.59 Å². The minimum absolute atomic E-state index is 0.112. The van der Waals surface area contributed by atoms with Crippen molar-refractivity contribution < 1.29 is 23.8 Å². The van der Waals surface area contributed by atoms with Crippen molar-refractivity contribution in [1.29, 1.82) is 0 Å². The molecule has 0 bridgehead atoms. The Morgan fingerprint density at radius 3 is 2.64 bits per heavy atom. The third kappa shape index (κ3) is 5.44. The molecule has 0 spiro atoms. The van der Waals surface area contributed by atoms with Gasteiger partial charge in [0.05, 0.1) is 25.9 Å². The Balaban J connectivity index is 1.43. The first-order chi connectivity index (χ1) is 18.9. The molecular weight excluding hydrogens is 500 g/mol. The van der Waals surface area contributed by atoms with E-state index in [4.69, 9.17) is 14.2 Å². The Morgan fingerprint density at radius 2 is 1.90 bits per heavy atom. The van der Waals surface area contributed by atoms with Crippen molar-refractivity contribution in [2.75, 3.05) is 50.7 Å². The van der Waals surface area contributed by atoms with Crippen LogP contribution in [0.25, 0.3) is 0 Å². The van der Waals surface area contributed by atoms with Crippen LogP contribution in [0.5, 0.6) is 11.5 Å². The lowest BCUT2D eigenvalue weighted by molar-refractivity contribution is -0.137. The zero-order chi connectivity index (χ0) is 27.5. The SMILES string of the molecule is COc1cc(C2C(C(=O)Nc3ccc(C)cc3C)=C(C)Nc3ncnn32)ccc1OCC(=O)N1CCOCC1. The second kappa shape index (κ2) is 11.2. The molecule has 3 heterocycles. The van der Waals surface area contributed by atoms with Gasteiger partial charge in [0.2, 0.25) is 5.95 Å². The van der Waals surface area contributed by atoms with E-state index in [1.165, 1.54) is 13.4 Å². The molecule has 39 heavy (non-hydrogen) atoms. The molecule has 0 radical (unpaired) electrons. The number of anilines is 2. The smallest absolute Gasteiger partial charge is 0.260 e. The van der Waals surface area contributed by atoms with Crippen molar-refractivity contribution in [3.63, 3.8) is 0 Å². The fourth-order valence-electron chi connectivity index (χ4n) is 4.85. The molecule has 2 amide bonds. The van der Waals surface area contributed by atoms with Crippen molar-refractivity contribution in [3.8, 4) is 11.5 Å². The van der Waals surface area contributed by atoms with E-state index in [2.05, 4.69) is 20.7 Å². The summed E-state index contributed by atoms with van der Waals surface area (Å²) in [6, 6.07) is 10.7. The molecule has 11 nitrogen and oxygen atoms in total. The molecule has 1 saturated heterocycles. The van der Waals surface area contributed by atoms with Gasteiger partial charge in [0.15, 0.2) is 18.1 Å². The monoisotopic (exact) mass is 532 g/mol. The summed E-state index contributed by atoms with van der Waals surface area (Å²) in [5.41, 5.74) is 4.73. The number of carbonyl (C=O) groups is 2. The molecule has 2 aliphatic heterocycles. The number of hydrogen-bond acceptors (Lipinski definition) is 8. The van der Waals surface area contributed by atoms with Gasteiger partial charge in [0, 0.05) is 24.5 Å². The summed E-state index contributed by atoms with van der Waals surface area (Å²) in [4.78, 5) is 32.3. The van der Waals surface area contributed by atoms with E-state index >= 15 is 0 Å². The number of aryl methyl sites for hydroxylation is 2. The maximum atomic E-state index is 13.7. The maximum Gasteiger partial charge on any atom is 0.260 e. The van der Waals surface area contributed by atoms with Crippen LogP contribution in [-0.4, -0.2) is 71.5 Å². The molecule has 2 aliphatic rings. The lowest BCUT2D eigenvalue weighted by Crippen LogP contribution is -2.43. The van der Waals surface area contributed by atoms with Crippen LogP contribution in [0.4, 0.5) is 11.6 Å². The Bertz CT molecular complexity index is 1430. The highest BCUT2D eigenvalue weighted by Gasteiger charge is 2.34. The number of amides is 2. The van der Waals surface area contributed by atoms with Gasteiger partial charge < -0.3 is 29.7 Å². The molecule has 3 aromatic rings. The van der Waals surface area contributed by atoms with Gasteiger partial charge >= 0.3 is 0 Å². The third-order valence-electron chi connectivity index (χ3n) is 6.89. The molecule has 1 fully saturated rings. The number of nitrogens with one attached hydrogen (secondary N) is 2. The average Bonchev–Trinajstić information content (AvgIpc) is 3.41. The molecule has 1 unspecified atom stereocenters. The number of fused-ring (bicyclic) bond motifs is 1. The molecule has 0 saturated carbocycles. The minimum Gasteiger partial charge on any atom is -0.493 e. The molecule has 1 atom stereocenters. The van der Waals surface area contributed by atoms with Gasteiger partial charge in [-0.25, -0.2) is 4.68 Å². The van der Waals surface area contributed by atoms with E-state index in [1.54, 1.807) is 21.7 Å². The Kier molecular flexibility index (Phi) is 7.51. The predicted molar refractivity (Wildman–Crippen MR) is 145 cm³/mol. The molecule has 204 valence electrons. The predicted octanol–water partition coefficient (Wildman–Crippen LogP) is 3.07. The number of allylic oxidation sites excluding steroid dienone is 1. The number of carbonyl (C=O) groups excluding carboxylic acids is 2. The topological polar surface area (TPSA) is 120 Å². The quantitative estimate of drug-likeness (QED) is 0.477. The second-order valence-electron chi connectivity index (χ2n) is 9.56. The zero-order valence-corrected chi connectivity index (χ0v) is 22.5. The Morgan fingerprint density at radius 1 is 1.10 bits per heavy atom. The van der Waals surface area contributed by atoms with Gasteiger partial charge in [-0.1, -0.05) is 23.8 Å². The first-order valence-electron chi connectivity index (χ1n) is 12.8. The van der Waals surface area contributed by atoms with Crippen molar-refractivity contribution >= 4 is 23.5 Å². The summed E-state index contributed by atoms with van der Waals surface area (Å²) in [5.74, 6) is 1.02. The van der Waals surface area contributed by atoms with E-state index in [0.29, 0.717) is 55.0 Å². The molecule has 11 heteroatoms. The van der Waals surface area contributed by atoms with Crippen LogP contribution in [0.1, 0.15) is 29.7 Å². The highest BCUT2D eigenvalue weighted by molar-refractivity contribution is 6.06. The highest BCUT2D eigenvalue weighted by Crippen LogP contribution is 2.39. The van der Waals surface area contributed by atoms with Gasteiger partial charge in [-0.2, -0.15) is 10.1 Å². The van der Waals surface area contributed by atoms with E-state index < -0.39 is 6.04 Å². The van der Waals surface area contributed by atoms with Crippen molar-refractivity contribution in [1.82, 2.24) is 19.7 Å². The lowest BCUT2D eigenvalue weighted by atomic mass is 9.94. The van der Waals surface area contributed by atoms with Crippen LogP contribution in [0, 0.1) is 13.8 Å². The van der Waals surface area contributed by atoms with Crippen molar-refractivity contribution in [3.05, 3.63) is 70.7 Å². The molecule has 5 rings (SSSR count). The standard InChI is InChI=1S/C28H32N6O5/c1-17-5-7-21(18(2)13-17)32-27(36)25-19(3)31-28-29-16-30-34(28)26(25)20-6-8-22(23(14-20)37-4)39-15-24(35)33-9-11-38-12-10-33/h5-8,13-14,16,26H,9-12,15H2,1-4H3,(H,32,36)(H,29,30,31). The number of nitrogens with zero attached hydrogens (tertiary/aromatic N) is 4. The zero-order valence-electron chi connectivity index (χ0n) is 22.5. The molecule has 1 aromatic heterocycles. The van der Waals surface area contributed by atoms with Crippen molar-refractivity contribution in [2.24, 2.45) is 0 Å². The normalized spacial score (nSPS) is 16.8. The Labute approximate surface area is 226 Å². The summed E-state index contributed by atoms with van der Waals surface area (Å²) in [5, 5.41) is 10.6. The summed E-state index contributed by atoms with van der Waals surface area (Å²) in [6.07, 6.45) is 1.44. The number of methoxy groups -OCH3 is 1. The maximum absolute atomic E-state index is 13.7. The van der Waals surface area contributed by atoms with Crippen LogP contribution < -0.4 is 20.1 Å². The van der Waals surface area contributed by atoms with Crippen LogP contribution in [0.15, 0.2) is 54.0 Å². The van der Waals surface area contributed by atoms with Crippen LogP contribution in [0.3, 0.4) is 0 Å². The Hall–Kier alpha value is -4.38. The minimum atomic E-state index is -0.576. The van der Waals surface area contributed by atoms with Crippen LogP contribution in [-0.2, 0) is 14.3 Å². The molecular formula is C28H32N6O5. The number of rotatable bonds is 7. The molecule has 2 aromatic carbocycles. The summed E-state index contributed by atoms with van der Waals surface area (Å²) >= 11 is 0. The fourth-order valence-corrected chi connectivity index (χ4v) is 4.85. The molecule has 0 aliphatic carbocycles. The summed E-state index contributed by atoms with van der Waals surface area (Å²) < 4.78 is 18.4. The van der Waals surface area contributed by atoms with E-state index in [0.717, 1.165) is 22.4 Å². The lowest BCUT2D eigenvalue weighted by Gasteiger charge is -2.29. The first kappa shape index (κ1) is 26.2. The summed E-state index contributed by atoms with van der Waals surface area (Å²) in [6.45, 7) is 7.85. The van der Waals surface area contributed by atoms with Gasteiger partial charge in [0.1, 0.15) is 12.4 Å². The number of aromatic nitrogens is 3. The van der Waals surface area contributed by atoms with E-state index in [1.807, 2.05) is 45.0 Å².